The fourth-order valence-corrected chi connectivity index (χ4v) is 4.79. The molecule has 0 unspecified atom stereocenters. The lowest BCUT2D eigenvalue weighted by Crippen LogP contribution is -2.28. The van der Waals surface area contributed by atoms with Crippen molar-refractivity contribution >= 4 is 33.5 Å². The Morgan fingerprint density at radius 1 is 1.03 bits per heavy atom. The normalized spacial score (nSPS) is 22.3. The van der Waals surface area contributed by atoms with Gasteiger partial charge in [0.05, 0.1) is 11.7 Å². The lowest BCUT2D eigenvalue weighted by molar-refractivity contribution is 0.425. The number of para-hydroxylation sites is 1. The van der Waals surface area contributed by atoms with Gasteiger partial charge in [-0.15, -0.1) is 0 Å². The predicted molar refractivity (Wildman–Crippen MR) is 122 cm³/mol. The highest BCUT2D eigenvalue weighted by Crippen LogP contribution is 2.49. The largest absolute Gasteiger partial charge is 0.507 e. The summed E-state index contributed by atoms with van der Waals surface area (Å²) in [6.45, 7) is 0. The third-order valence-corrected chi connectivity index (χ3v) is 6.36. The molecule has 0 aromatic heterocycles. The van der Waals surface area contributed by atoms with Gasteiger partial charge in [-0.05, 0) is 59.9 Å². The number of fused-ring (bicyclic) bond motifs is 3. The zero-order chi connectivity index (χ0) is 19.8. The van der Waals surface area contributed by atoms with Crippen molar-refractivity contribution in [3.05, 3.63) is 100 Å². The maximum Gasteiger partial charge on any atom is 0.124 e. The second-order valence-corrected chi connectivity index (χ2v) is 8.53. The van der Waals surface area contributed by atoms with Crippen LogP contribution in [-0.4, -0.2) is 11.3 Å². The highest BCUT2D eigenvalue weighted by molar-refractivity contribution is 9.10. The molecule has 29 heavy (non-hydrogen) atoms. The summed E-state index contributed by atoms with van der Waals surface area (Å²) in [6.07, 6.45) is 7.47. The summed E-state index contributed by atoms with van der Waals surface area (Å²) in [7, 11) is 0. The average Bonchev–Trinajstić information content (AvgIpc) is 3.24. The minimum absolute atomic E-state index is 0.221. The number of aliphatic imine (C=N–C) groups is 1. The number of aromatic hydroxyl groups is 1. The third-order valence-electron chi connectivity index (χ3n) is 5.87. The van der Waals surface area contributed by atoms with E-state index in [0.29, 0.717) is 17.4 Å². The van der Waals surface area contributed by atoms with E-state index in [9.17, 15) is 5.11 Å². The predicted octanol–water partition coefficient (Wildman–Crippen LogP) is 6.73. The number of allylic oxidation sites excluding steroid dienone is 2. The summed E-state index contributed by atoms with van der Waals surface area (Å²) in [4.78, 5) is 4.53. The Bertz CT molecular complexity index is 1100. The first-order chi connectivity index (χ1) is 14.2. The average molecular weight is 445 g/mol. The molecule has 0 spiro atoms. The van der Waals surface area contributed by atoms with Crippen LogP contribution < -0.4 is 5.32 Å². The van der Waals surface area contributed by atoms with Gasteiger partial charge in [-0.2, -0.15) is 0 Å². The van der Waals surface area contributed by atoms with Crippen LogP contribution in [0.2, 0.25) is 0 Å². The Morgan fingerprint density at radius 2 is 1.86 bits per heavy atom. The van der Waals surface area contributed by atoms with E-state index in [1.165, 1.54) is 16.8 Å². The van der Waals surface area contributed by atoms with Crippen LogP contribution in [0, 0.1) is 5.92 Å². The molecule has 144 valence electrons. The highest BCUT2D eigenvalue weighted by atomic mass is 79.9. The Kier molecular flexibility index (Phi) is 4.72. The fraction of sp³-hybridized carbons (Fsp3) is 0.160. The van der Waals surface area contributed by atoms with Crippen LogP contribution in [0.1, 0.15) is 35.1 Å². The van der Waals surface area contributed by atoms with Crippen LogP contribution in [0.5, 0.6) is 5.75 Å². The molecule has 5 rings (SSSR count). The quantitative estimate of drug-likeness (QED) is 0.347. The molecule has 0 bridgehead atoms. The smallest absolute Gasteiger partial charge is 0.124 e. The van der Waals surface area contributed by atoms with Crippen LogP contribution in [0.15, 0.2) is 88.3 Å². The Hall–Kier alpha value is -2.85. The fourth-order valence-electron chi connectivity index (χ4n) is 4.41. The Balaban J connectivity index is 1.39. The molecule has 4 heteroatoms. The molecule has 2 N–H and O–H groups in total. The van der Waals surface area contributed by atoms with Gasteiger partial charge in [-0.3, -0.25) is 4.99 Å². The maximum atomic E-state index is 9.97. The van der Waals surface area contributed by atoms with Crippen molar-refractivity contribution in [2.24, 2.45) is 10.9 Å². The van der Waals surface area contributed by atoms with E-state index in [2.05, 4.69) is 74.8 Å². The summed E-state index contributed by atoms with van der Waals surface area (Å²) in [5.41, 5.74) is 5.47. The van der Waals surface area contributed by atoms with Crippen LogP contribution in [0.3, 0.4) is 0 Å². The van der Waals surface area contributed by atoms with Gasteiger partial charge < -0.3 is 10.4 Å². The number of phenolic OH excluding ortho intramolecular Hbond substituents is 1. The first kappa shape index (κ1) is 18.2. The molecule has 0 fully saturated rings. The standard InChI is InChI=1S/C25H21BrN2O/c26-18-10-13-24(29)17(14-18)15-27-19-11-8-16(9-12-19)25-22-6-3-5-20(22)21-4-1-2-7-23(21)28-25/h1-5,7-15,20,22,25,28-29H,6H2/t20-,22+,25-/m0/s1. The van der Waals surface area contributed by atoms with Crippen molar-refractivity contribution < 1.29 is 5.11 Å². The monoisotopic (exact) mass is 444 g/mol. The molecule has 3 aromatic carbocycles. The van der Waals surface area contributed by atoms with Gasteiger partial charge in [0.15, 0.2) is 0 Å². The SMILES string of the molecule is Oc1ccc(Br)cc1C=Nc1ccc([C@@H]2Nc3ccccc3[C@@H]3C=CC[C@H]32)cc1. The summed E-state index contributed by atoms with van der Waals surface area (Å²) >= 11 is 3.43. The molecule has 1 heterocycles. The lowest BCUT2D eigenvalue weighted by atomic mass is 9.77. The van der Waals surface area contributed by atoms with Crippen molar-refractivity contribution in [1.29, 1.82) is 0 Å². The zero-order valence-corrected chi connectivity index (χ0v) is 17.4. The van der Waals surface area contributed by atoms with Crippen molar-refractivity contribution in [3.63, 3.8) is 0 Å². The van der Waals surface area contributed by atoms with Gasteiger partial charge in [-0.25, -0.2) is 0 Å². The number of halogens is 1. The second kappa shape index (κ2) is 7.53. The number of rotatable bonds is 3. The van der Waals surface area contributed by atoms with Gasteiger partial charge in [0.2, 0.25) is 0 Å². The second-order valence-electron chi connectivity index (χ2n) is 7.62. The number of benzene rings is 3. The molecule has 0 amide bonds. The zero-order valence-electron chi connectivity index (χ0n) is 15.8. The highest BCUT2D eigenvalue weighted by Gasteiger charge is 2.37. The summed E-state index contributed by atoms with van der Waals surface area (Å²) in [5, 5.41) is 13.7. The molecule has 1 aliphatic carbocycles. The minimum atomic E-state index is 0.221. The van der Waals surface area contributed by atoms with E-state index < -0.39 is 0 Å². The van der Waals surface area contributed by atoms with Crippen LogP contribution in [-0.2, 0) is 0 Å². The van der Waals surface area contributed by atoms with Gasteiger partial charge in [0, 0.05) is 27.9 Å². The Labute approximate surface area is 179 Å². The van der Waals surface area contributed by atoms with Gasteiger partial charge >= 0.3 is 0 Å². The molecule has 1 aliphatic heterocycles. The third kappa shape index (κ3) is 3.49. The number of hydrogen-bond acceptors (Lipinski definition) is 3. The number of anilines is 1. The maximum absolute atomic E-state index is 9.97. The number of hydrogen-bond donors (Lipinski definition) is 2. The van der Waals surface area contributed by atoms with Crippen molar-refractivity contribution in [2.75, 3.05) is 5.32 Å². The molecule has 0 radical (unpaired) electrons. The van der Waals surface area contributed by atoms with E-state index in [4.69, 9.17) is 0 Å². The topological polar surface area (TPSA) is 44.6 Å². The summed E-state index contributed by atoms with van der Waals surface area (Å²) < 4.78 is 0.912. The van der Waals surface area contributed by atoms with Crippen molar-refractivity contribution in [2.45, 2.75) is 18.4 Å². The first-order valence-corrected chi connectivity index (χ1v) is 10.6. The van der Waals surface area contributed by atoms with E-state index in [0.717, 1.165) is 16.6 Å². The molecular weight excluding hydrogens is 424 g/mol. The minimum Gasteiger partial charge on any atom is -0.507 e. The summed E-state index contributed by atoms with van der Waals surface area (Å²) in [5.74, 6) is 1.24. The molecule has 0 saturated heterocycles. The lowest BCUT2D eigenvalue weighted by Gasteiger charge is -2.37. The van der Waals surface area contributed by atoms with Crippen molar-refractivity contribution in [3.8, 4) is 5.75 Å². The van der Waals surface area contributed by atoms with Crippen LogP contribution in [0.4, 0.5) is 11.4 Å². The van der Waals surface area contributed by atoms with Crippen molar-refractivity contribution in [1.82, 2.24) is 0 Å². The van der Waals surface area contributed by atoms with E-state index in [-0.39, 0.29) is 11.8 Å². The van der Waals surface area contributed by atoms with Gasteiger partial charge in [-0.1, -0.05) is 58.4 Å². The van der Waals surface area contributed by atoms with Gasteiger partial charge in [0.25, 0.3) is 0 Å². The van der Waals surface area contributed by atoms with E-state index in [1.807, 2.05) is 24.3 Å². The first-order valence-electron chi connectivity index (χ1n) is 9.84. The van der Waals surface area contributed by atoms with Crippen LogP contribution >= 0.6 is 15.9 Å². The molecular formula is C25H21BrN2O. The molecule has 3 atom stereocenters. The Morgan fingerprint density at radius 3 is 2.72 bits per heavy atom. The molecule has 3 aromatic rings. The molecule has 2 aliphatic rings. The molecule has 0 saturated carbocycles. The number of nitrogens with zero attached hydrogens (tertiary/aromatic N) is 1. The van der Waals surface area contributed by atoms with E-state index in [1.54, 1.807) is 12.3 Å². The van der Waals surface area contributed by atoms with E-state index >= 15 is 0 Å². The van der Waals surface area contributed by atoms with Crippen LogP contribution in [0.25, 0.3) is 0 Å². The summed E-state index contributed by atoms with van der Waals surface area (Å²) in [6, 6.07) is 22.6. The molecule has 3 nitrogen and oxygen atoms in total. The number of phenols is 1. The van der Waals surface area contributed by atoms with Gasteiger partial charge in [0.1, 0.15) is 5.75 Å². The number of nitrogens with one attached hydrogen (secondary N) is 1.